The first-order valence-electron chi connectivity index (χ1n) is 8.93. The van der Waals surface area contributed by atoms with Crippen LogP contribution < -0.4 is 5.32 Å². The summed E-state index contributed by atoms with van der Waals surface area (Å²) < 4.78 is 0. The highest BCUT2D eigenvalue weighted by atomic mass is 16.1. The Balaban J connectivity index is 1.76. The third-order valence-corrected chi connectivity index (χ3v) is 7.75. The number of hydrogen-bond acceptors (Lipinski definition) is 2. The highest BCUT2D eigenvalue weighted by Gasteiger charge is 2.60. The fourth-order valence-corrected chi connectivity index (χ4v) is 6.52. The second-order valence-electron chi connectivity index (χ2n) is 8.67. The molecule has 3 fully saturated rings. The predicted octanol–water partition coefficient (Wildman–Crippen LogP) is 3.10. The van der Waals surface area contributed by atoms with Crippen molar-refractivity contribution in [3.05, 3.63) is 12.2 Å². The second-order valence-corrected chi connectivity index (χ2v) is 8.67. The molecule has 0 spiro atoms. The molecule has 3 nitrogen and oxygen atoms in total. The molecule has 1 aliphatic heterocycles. The maximum absolute atomic E-state index is 11.8. The van der Waals surface area contributed by atoms with E-state index >= 15 is 0 Å². The summed E-state index contributed by atoms with van der Waals surface area (Å²) in [5.41, 5.74) is 0.481. The number of nitrogens with one attached hydrogen (secondary N) is 1. The fraction of sp³-hybridized carbons (Fsp3) is 0.789. The topological polar surface area (TPSA) is 46.2 Å². The standard InChI is InChI=1S/C19H27NO2/c1-18-7-3-4-13(18)17-12(11-21)10-15-19(2,14(17)5-8-18)9-6-16(22)20-15/h6,9,11-15,17H,3-5,7-8,10H2,1-2H3,(H,20,22)/t12?,13-,14-,15+,17-,18-,19+/m0/s1. The van der Waals surface area contributed by atoms with Crippen LogP contribution in [0, 0.1) is 34.5 Å². The molecule has 0 saturated heterocycles. The molecule has 4 aliphatic rings. The van der Waals surface area contributed by atoms with Crippen molar-refractivity contribution in [2.45, 2.75) is 58.4 Å². The summed E-state index contributed by atoms with van der Waals surface area (Å²) in [6.07, 6.45) is 12.3. The number of fused-ring (bicyclic) bond motifs is 5. The van der Waals surface area contributed by atoms with E-state index in [9.17, 15) is 9.59 Å². The third-order valence-electron chi connectivity index (χ3n) is 7.75. The Bertz CT molecular complexity index is 542. The third kappa shape index (κ3) is 1.80. The molecule has 120 valence electrons. The van der Waals surface area contributed by atoms with Crippen molar-refractivity contribution in [1.82, 2.24) is 5.32 Å². The molecule has 3 heteroatoms. The van der Waals surface area contributed by atoms with Crippen LogP contribution in [0.3, 0.4) is 0 Å². The van der Waals surface area contributed by atoms with E-state index in [2.05, 4.69) is 25.2 Å². The smallest absolute Gasteiger partial charge is 0.243 e. The minimum absolute atomic E-state index is 0.00656. The van der Waals surface area contributed by atoms with E-state index in [4.69, 9.17) is 0 Å². The summed E-state index contributed by atoms with van der Waals surface area (Å²) in [5, 5.41) is 3.14. The van der Waals surface area contributed by atoms with Gasteiger partial charge in [-0.05, 0) is 61.3 Å². The lowest BCUT2D eigenvalue weighted by Gasteiger charge is -2.59. The molecule has 0 radical (unpaired) electrons. The van der Waals surface area contributed by atoms with Crippen LogP contribution >= 0.6 is 0 Å². The zero-order chi connectivity index (χ0) is 15.5. The number of amides is 1. The first-order valence-corrected chi connectivity index (χ1v) is 8.93. The molecule has 3 saturated carbocycles. The minimum atomic E-state index is 0.00656. The van der Waals surface area contributed by atoms with Crippen molar-refractivity contribution in [2.24, 2.45) is 34.5 Å². The Morgan fingerprint density at radius 2 is 2.05 bits per heavy atom. The van der Waals surface area contributed by atoms with Crippen LogP contribution in [0.15, 0.2) is 12.2 Å². The Hall–Kier alpha value is -1.12. The molecule has 22 heavy (non-hydrogen) atoms. The van der Waals surface area contributed by atoms with E-state index in [1.807, 2.05) is 0 Å². The molecule has 1 amide bonds. The van der Waals surface area contributed by atoms with Crippen LogP contribution in [-0.2, 0) is 9.59 Å². The minimum Gasteiger partial charge on any atom is -0.349 e. The molecule has 4 rings (SSSR count). The number of carbonyl (C=O) groups is 2. The van der Waals surface area contributed by atoms with Crippen LogP contribution in [0.4, 0.5) is 0 Å². The van der Waals surface area contributed by atoms with Crippen LogP contribution in [0.5, 0.6) is 0 Å². The normalized spacial score (nSPS) is 53.2. The van der Waals surface area contributed by atoms with Gasteiger partial charge in [-0.2, -0.15) is 0 Å². The summed E-state index contributed by atoms with van der Waals surface area (Å²) >= 11 is 0. The van der Waals surface area contributed by atoms with E-state index in [-0.39, 0.29) is 23.3 Å². The Labute approximate surface area is 132 Å². The first-order chi connectivity index (χ1) is 10.5. The molecule has 1 heterocycles. The van der Waals surface area contributed by atoms with Crippen LogP contribution in [0.1, 0.15) is 52.4 Å². The SMILES string of the molecule is C[C@@]12CCC[C@H]1[C@@H]1C(C=O)C[C@H]3NC(=O)C=C[C@]3(C)[C@H]1CC2. The van der Waals surface area contributed by atoms with Crippen molar-refractivity contribution >= 4 is 12.2 Å². The molecular weight excluding hydrogens is 274 g/mol. The molecule has 1 unspecified atom stereocenters. The van der Waals surface area contributed by atoms with Crippen molar-refractivity contribution in [1.29, 1.82) is 0 Å². The maximum atomic E-state index is 11.8. The Kier molecular flexibility index (Phi) is 3.08. The summed E-state index contributed by atoms with van der Waals surface area (Å²) in [7, 11) is 0. The Morgan fingerprint density at radius 1 is 1.23 bits per heavy atom. The number of aldehydes is 1. The van der Waals surface area contributed by atoms with Gasteiger partial charge in [-0.15, -0.1) is 0 Å². The quantitative estimate of drug-likeness (QED) is 0.757. The molecule has 3 aliphatic carbocycles. The van der Waals surface area contributed by atoms with Crippen LogP contribution in [-0.4, -0.2) is 18.2 Å². The van der Waals surface area contributed by atoms with Gasteiger partial charge in [-0.3, -0.25) is 4.79 Å². The van der Waals surface area contributed by atoms with Gasteiger partial charge < -0.3 is 10.1 Å². The summed E-state index contributed by atoms with van der Waals surface area (Å²) in [6.45, 7) is 4.76. The van der Waals surface area contributed by atoms with Gasteiger partial charge in [0.15, 0.2) is 0 Å². The molecular formula is C19H27NO2. The average Bonchev–Trinajstić information content (AvgIpc) is 2.89. The Morgan fingerprint density at radius 3 is 2.82 bits per heavy atom. The fourth-order valence-electron chi connectivity index (χ4n) is 6.52. The molecule has 1 N–H and O–H groups in total. The number of hydrogen-bond donors (Lipinski definition) is 1. The number of carbonyl (C=O) groups excluding carboxylic acids is 2. The zero-order valence-corrected chi connectivity index (χ0v) is 13.7. The van der Waals surface area contributed by atoms with Crippen molar-refractivity contribution in [2.75, 3.05) is 0 Å². The van der Waals surface area contributed by atoms with Crippen LogP contribution in [0.2, 0.25) is 0 Å². The lowest BCUT2D eigenvalue weighted by molar-refractivity contribution is -0.133. The van der Waals surface area contributed by atoms with E-state index < -0.39 is 0 Å². The van der Waals surface area contributed by atoms with E-state index in [1.54, 1.807) is 6.08 Å². The maximum Gasteiger partial charge on any atom is 0.243 e. The molecule has 0 aromatic rings. The van der Waals surface area contributed by atoms with Crippen molar-refractivity contribution in [3.63, 3.8) is 0 Å². The van der Waals surface area contributed by atoms with Crippen molar-refractivity contribution in [3.8, 4) is 0 Å². The van der Waals surface area contributed by atoms with Gasteiger partial charge in [0.2, 0.25) is 5.91 Å². The zero-order valence-electron chi connectivity index (χ0n) is 13.7. The molecule has 0 aromatic carbocycles. The second kappa shape index (κ2) is 4.69. The number of rotatable bonds is 1. The van der Waals surface area contributed by atoms with Crippen LogP contribution in [0.25, 0.3) is 0 Å². The molecule has 0 aromatic heterocycles. The van der Waals surface area contributed by atoms with Gasteiger partial charge in [0, 0.05) is 17.4 Å². The van der Waals surface area contributed by atoms with E-state index in [1.165, 1.54) is 38.4 Å². The van der Waals surface area contributed by atoms with Gasteiger partial charge >= 0.3 is 0 Å². The summed E-state index contributed by atoms with van der Waals surface area (Å²) in [6, 6.07) is 0.132. The predicted molar refractivity (Wildman–Crippen MR) is 85.0 cm³/mol. The molecule has 0 bridgehead atoms. The van der Waals surface area contributed by atoms with E-state index in [0.29, 0.717) is 23.2 Å². The highest BCUT2D eigenvalue weighted by Crippen LogP contribution is 2.64. The van der Waals surface area contributed by atoms with Gasteiger partial charge in [0.05, 0.1) is 0 Å². The summed E-state index contributed by atoms with van der Waals surface area (Å²) in [5.74, 6) is 1.88. The highest BCUT2D eigenvalue weighted by molar-refractivity contribution is 5.89. The van der Waals surface area contributed by atoms with Gasteiger partial charge in [-0.25, -0.2) is 0 Å². The average molecular weight is 301 g/mol. The largest absolute Gasteiger partial charge is 0.349 e. The van der Waals surface area contributed by atoms with E-state index in [0.717, 1.165) is 6.42 Å². The monoisotopic (exact) mass is 301 g/mol. The van der Waals surface area contributed by atoms with Gasteiger partial charge in [0.25, 0.3) is 0 Å². The van der Waals surface area contributed by atoms with Crippen molar-refractivity contribution < 1.29 is 9.59 Å². The van der Waals surface area contributed by atoms with Gasteiger partial charge in [0.1, 0.15) is 6.29 Å². The summed E-state index contributed by atoms with van der Waals surface area (Å²) in [4.78, 5) is 23.6. The molecule has 7 atom stereocenters. The lowest BCUT2D eigenvalue weighted by atomic mass is 9.46. The first kappa shape index (κ1) is 14.5. The lowest BCUT2D eigenvalue weighted by Crippen LogP contribution is -2.61. The van der Waals surface area contributed by atoms with Gasteiger partial charge in [-0.1, -0.05) is 26.3 Å².